The van der Waals surface area contributed by atoms with Crippen molar-refractivity contribution >= 4 is 11.8 Å². The van der Waals surface area contributed by atoms with Crippen LogP contribution in [0.25, 0.3) is 0 Å². The molecule has 0 atom stereocenters. The molecule has 1 rings (SSSR count). The van der Waals surface area contributed by atoms with Crippen molar-refractivity contribution in [2.24, 2.45) is 0 Å². The van der Waals surface area contributed by atoms with E-state index in [1.165, 1.54) is 12.1 Å². The number of benzene rings is 1. The molecular weight excluding hydrogens is 192 g/mol. The lowest BCUT2D eigenvalue weighted by Crippen LogP contribution is -2.29. The number of halogens is 2. The van der Waals surface area contributed by atoms with E-state index in [9.17, 15) is 13.6 Å². The van der Waals surface area contributed by atoms with Crippen LogP contribution in [-0.4, -0.2) is 17.7 Å². The second-order valence-corrected chi connectivity index (χ2v) is 2.60. The third-order valence-electron chi connectivity index (χ3n) is 1.77. The Balaban J connectivity index is 3.16. The first-order valence-corrected chi connectivity index (χ1v) is 4.02. The molecule has 0 bridgehead atoms. The van der Waals surface area contributed by atoms with Crippen molar-refractivity contribution in [2.45, 2.75) is 6.92 Å². The summed E-state index contributed by atoms with van der Waals surface area (Å²) < 4.78 is 25.9. The molecule has 1 aromatic rings. The second kappa shape index (κ2) is 4.04. The number of carboxylic acid groups (broad SMARTS) is 1. The molecule has 0 heterocycles. The number of hydrogen-bond donors (Lipinski definition) is 1. The standard InChI is InChI=1S/C9H9F2NO2/c1-2-12(9(13)14)7-5-3-4-6(10)8(7)11/h3-5H,2H2,1H3,(H,13,14). The summed E-state index contributed by atoms with van der Waals surface area (Å²) in [5.41, 5.74) is -0.264. The lowest BCUT2D eigenvalue weighted by molar-refractivity contribution is 0.202. The van der Waals surface area contributed by atoms with Crippen LogP contribution in [0.15, 0.2) is 18.2 Å². The largest absolute Gasteiger partial charge is 0.465 e. The molecule has 0 saturated carbocycles. The zero-order chi connectivity index (χ0) is 10.7. The van der Waals surface area contributed by atoms with E-state index in [2.05, 4.69) is 0 Å². The van der Waals surface area contributed by atoms with Crippen molar-refractivity contribution in [3.8, 4) is 0 Å². The lowest BCUT2D eigenvalue weighted by atomic mass is 10.2. The molecule has 0 aromatic heterocycles. The van der Waals surface area contributed by atoms with Gasteiger partial charge in [-0.05, 0) is 19.1 Å². The average molecular weight is 201 g/mol. The molecule has 0 spiro atoms. The van der Waals surface area contributed by atoms with Gasteiger partial charge < -0.3 is 5.11 Å². The van der Waals surface area contributed by atoms with Crippen molar-refractivity contribution in [3.63, 3.8) is 0 Å². The van der Waals surface area contributed by atoms with Crippen molar-refractivity contribution in [1.29, 1.82) is 0 Å². The van der Waals surface area contributed by atoms with Crippen LogP contribution in [0.1, 0.15) is 6.92 Å². The molecule has 0 aliphatic carbocycles. The summed E-state index contributed by atoms with van der Waals surface area (Å²) in [7, 11) is 0. The van der Waals surface area contributed by atoms with Gasteiger partial charge in [-0.1, -0.05) is 6.07 Å². The number of rotatable bonds is 2. The van der Waals surface area contributed by atoms with E-state index >= 15 is 0 Å². The van der Waals surface area contributed by atoms with Crippen LogP contribution < -0.4 is 4.90 Å². The molecule has 3 nitrogen and oxygen atoms in total. The Bertz CT molecular complexity index is 355. The minimum atomic E-state index is -1.31. The number of nitrogens with zero attached hydrogens (tertiary/aromatic N) is 1. The first kappa shape index (κ1) is 10.4. The highest BCUT2D eigenvalue weighted by atomic mass is 19.2. The fraction of sp³-hybridized carbons (Fsp3) is 0.222. The van der Waals surface area contributed by atoms with Crippen molar-refractivity contribution in [2.75, 3.05) is 11.4 Å². The molecule has 0 aliphatic heterocycles. The Morgan fingerprint density at radius 2 is 2.14 bits per heavy atom. The molecule has 0 fully saturated rings. The fourth-order valence-corrected chi connectivity index (χ4v) is 1.11. The number of amides is 1. The van der Waals surface area contributed by atoms with E-state index in [0.717, 1.165) is 11.0 Å². The van der Waals surface area contributed by atoms with Gasteiger partial charge in [-0.15, -0.1) is 0 Å². The monoisotopic (exact) mass is 201 g/mol. The fourth-order valence-electron chi connectivity index (χ4n) is 1.11. The van der Waals surface area contributed by atoms with Gasteiger partial charge in [0.15, 0.2) is 11.6 Å². The summed E-state index contributed by atoms with van der Waals surface area (Å²) >= 11 is 0. The maximum absolute atomic E-state index is 13.1. The zero-order valence-corrected chi connectivity index (χ0v) is 7.50. The van der Waals surface area contributed by atoms with E-state index in [1.54, 1.807) is 6.92 Å². The van der Waals surface area contributed by atoms with Crippen LogP contribution >= 0.6 is 0 Å². The average Bonchev–Trinajstić information content (AvgIpc) is 2.13. The van der Waals surface area contributed by atoms with Gasteiger partial charge in [0.2, 0.25) is 0 Å². The molecule has 1 N–H and O–H groups in total. The molecule has 76 valence electrons. The molecule has 0 aliphatic rings. The van der Waals surface area contributed by atoms with Crippen LogP contribution in [-0.2, 0) is 0 Å². The van der Waals surface area contributed by atoms with Crippen LogP contribution in [0, 0.1) is 11.6 Å². The van der Waals surface area contributed by atoms with Crippen LogP contribution in [0.4, 0.5) is 19.3 Å². The predicted octanol–water partition coefficient (Wildman–Crippen LogP) is 2.47. The SMILES string of the molecule is CCN(C(=O)O)c1cccc(F)c1F. The Morgan fingerprint density at radius 3 is 2.64 bits per heavy atom. The van der Waals surface area contributed by atoms with Gasteiger partial charge >= 0.3 is 6.09 Å². The number of anilines is 1. The van der Waals surface area contributed by atoms with Crippen molar-refractivity contribution in [3.05, 3.63) is 29.8 Å². The molecule has 14 heavy (non-hydrogen) atoms. The van der Waals surface area contributed by atoms with Gasteiger partial charge in [0, 0.05) is 6.54 Å². The highest BCUT2D eigenvalue weighted by molar-refractivity contribution is 5.86. The lowest BCUT2D eigenvalue weighted by Gasteiger charge is -2.17. The smallest absolute Gasteiger partial charge is 0.411 e. The summed E-state index contributed by atoms with van der Waals surface area (Å²) in [5.74, 6) is -2.20. The molecule has 1 amide bonds. The molecular formula is C9H9F2NO2. The number of hydrogen-bond acceptors (Lipinski definition) is 1. The van der Waals surface area contributed by atoms with Crippen molar-refractivity contribution < 1.29 is 18.7 Å². The molecule has 0 radical (unpaired) electrons. The normalized spacial score (nSPS) is 9.93. The topological polar surface area (TPSA) is 40.5 Å². The minimum Gasteiger partial charge on any atom is -0.465 e. The maximum atomic E-state index is 13.1. The van der Waals surface area contributed by atoms with Crippen LogP contribution in [0.2, 0.25) is 0 Å². The molecule has 0 saturated heterocycles. The number of carbonyl (C=O) groups is 1. The van der Waals surface area contributed by atoms with Crippen LogP contribution in [0.3, 0.4) is 0 Å². The van der Waals surface area contributed by atoms with E-state index < -0.39 is 17.7 Å². The summed E-state index contributed by atoms with van der Waals surface area (Å²) in [6, 6.07) is 3.42. The van der Waals surface area contributed by atoms with E-state index in [1.807, 2.05) is 0 Å². The summed E-state index contributed by atoms with van der Waals surface area (Å²) in [4.78, 5) is 11.4. The summed E-state index contributed by atoms with van der Waals surface area (Å²) in [5, 5.41) is 8.68. The van der Waals surface area contributed by atoms with E-state index in [4.69, 9.17) is 5.11 Å². The second-order valence-electron chi connectivity index (χ2n) is 2.60. The Kier molecular flexibility index (Phi) is 3.01. The van der Waals surface area contributed by atoms with Gasteiger partial charge in [-0.25, -0.2) is 13.6 Å². The van der Waals surface area contributed by atoms with Gasteiger partial charge in [0.05, 0.1) is 5.69 Å². The highest BCUT2D eigenvalue weighted by Crippen LogP contribution is 2.21. The predicted molar refractivity (Wildman–Crippen MR) is 47.4 cm³/mol. The van der Waals surface area contributed by atoms with Gasteiger partial charge in [0.25, 0.3) is 0 Å². The summed E-state index contributed by atoms with van der Waals surface area (Å²) in [6.07, 6.45) is -1.31. The zero-order valence-electron chi connectivity index (χ0n) is 7.50. The minimum absolute atomic E-state index is 0.0652. The van der Waals surface area contributed by atoms with Gasteiger partial charge in [0.1, 0.15) is 0 Å². The summed E-state index contributed by atoms with van der Waals surface area (Å²) in [6.45, 7) is 1.61. The quantitative estimate of drug-likeness (QED) is 0.798. The molecule has 0 unspecified atom stereocenters. The Hall–Kier alpha value is -1.65. The van der Waals surface area contributed by atoms with Gasteiger partial charge in [-0.2, -0.15) is 0 Å². The third kappa shape index (κ3) is 1.81. The van der Waals surface area contributed by atoms with Crippen LogP contribution in [0.5, 0.6) is 0 Å². The first-order chi connectivity index (χ1) is 6.57. The Morgan fingerprint density at radius 1 is 1.50 bits per heavy atom. The van der Waals surface area contributed by atoms with Gasteiger partial charge in [-0.3, -0.25) is 4.90 Å². The van der Waals surface area contributed by atoms with E-state index in [-0.39, 0.29) is 12.2 Å². The molecule has 1 aromatic carbocycles. The third-order valence-corrected chi connectivity index (χ3v) is 1.77. The highest BCUT2D eigenvalue weighted by Gasteiger charge is 2.18. The first-order valence-electron chi connectivity index (χ1n) is 4.02. The van der Waals surface area contributed by atoms with E-state index in [0.29, 0.717) is 0 Å². The van der Waals surface area contributed by atoms with Crippen molar-refractivity contribution in [1.82, 2.24) is 0 Å². The maximum Gasteiger partial charge on any atom is 0.411 e. The Labute approximate surface area is 79.6 Å². The molecule has 5 heteroatoms.